The van der Waals surface area contributed by atoms with E-state index in [-0.39, 0.29) is 66.9 Å². The van der Waals surface area contributed by atoms with E-state index in [0.717, 1.165) is 37.5 Å². The number of ether oxygens (including phenoxy) is 2. The summed E-state index contributed by atoms with van der Waals surface area (Å²) in [6.07, 6.45) is 4.96. The Morgan fingerprint density at radius 3 is 2.19 bits per heavy atom. The van der Waals surface area contributed by atoms with Gasteiger partial charge < -0.3 is 24.6 Å². The predicted molar refractivity (Wildman–Crippen MR) is 218 cm³/mol. The van der Waals surface area contributed by atoms with Crippen molar-refractivity contribution >= 4 is 39.3 Å². The molecule has 2 aliphatic heterocycles. The molecule has 11 atom stereocenters. The maximum atomic E-state index is 14.3. The summed E-state index contributed by atoms with van der Waals surface area (Å²) in [7, 11) is 0.979. The van der Waals surface area contributed by atoms with Crippen molar-refractivity contribution in [1.29, 1.82) is 0 Å². The van der Waals surface area contributed by atoms with Crippen LogP contribution in [0.3, 0.4) is 0 Å². The topological polar surface area (TPSA) is 168 Å². The van der Waals surface area contributed by atoms with E-state index in [1.807, 2.05) is 62.7 Å². The van der Waals surface area contributed by atoms with Crippen molar-refractivity contribution in [2.75, 3.05) is 34.1 Å². The van der Waals surface area contributed by atoms with Gasteiger partial charge in [0.05, 0.1) is 43.0 Å². The lowest BCUT2D eigenvalue weighted by atomic mass is 9.83. The maximum absolute atomic E-state index is 14.3. The molecule has 0 radical (unpaired) electrons. The van der Waals surface area contributed by atoms with Crippen molar-refractivity contribution in [3.63, 3.8) is 0 Å². The Bertz CT molecular complexity index is 1660. The Morgan fingerprint density at radius 2 is 1.65 bits per heavy atom. The quantitative estimate of drug-likeness (QED) is 0.173. The number of carbonyl (C=O) groups is 5. The number of hydrogen-bond acceptors (Lipinski definition) is 10. The largest absolute Gasteiger partial charge is 0.379 e. The molecule has 0 unspecified atom stereocenters. The Hall–Kier alpha value is -3.20. The van der Waals surface area contributed by atoms with Gasteiger partial charge in [-0.25, -0.2) is 8.42 Å². The summed E-state index contributed by atoms with van der Waals surface area (Å²) >= 11 is 0. The van der Waals surface area contributed by atoms with Gasteiger partial charge in [0.25, 0.3) is 0 Å². The van der Waals surface area contributed by atoms with Crippen LogP contribution in [-0.2, 0) is 49.9 Å². The number of methoxy groups -OCH3 is 2. The van der Waals surface area contributed by atoms with Gasteiger partial charge in [0.15, 0.2) is 5.78 Å². The van der Waals surface area contributed by atoms with E-state index in [2.05, 4.69) is 5.32 Å². The number of likely N-dealkylation sites (tertiary alicyclic amines) is 1. The molecule has 3 aliphatic rings. The third kappa shape index (κ3) is 11.9. The zero-order valence-corrected chi connectivity index (χ0v) is 36.4. The summed E-state index contributed by atoms with van der Waals surface area (Å²) in [5.74, 6) is -3.09. The smallest absolute Gasteiger partial charge is 0.237 e. The molecular formula is C43H68N4O9S. The monoisotopic (exact) mass is 816 g/mol. The summed E-state index contributed by atoms with van der Waals surface area (Å²) in [6, 6.07) is 8.46. The Balaban J connectivity index is 1.47. The molecule has 1 aromatic carbocycles. The average molecular weight is 817 g/mol. The molecule has 2 saturated heterocycles. The zero-order valence-electron chi connectivity index (χ0n) is 35.6. The van der Waals surface area contributed by atoms with Gasteiger partial charge in [0.2, 0.25) is 27.7 Å². The number of fused-ring (bicyclic) bond motifs is 2. The molecule has 320 valence electrons. The summed E-state index contributed by atoms with van der Waals surface area (Å²) in [6.45, 7) is 10.2. The normalized spacial score (nSPS) is 24.4. The fraction of sp³-hybridized carbons (Fsp3) is 0.744. The molecule has 2 heterocycles. The number of carbonyl (C=O) groups excluding carboxylic acids is 5. The molecule has 57 heavy (non-hydrogen) atoms. The highest BCUT2D eigenvalue weighted by Gasteiger charge is 2.46. The van der Waals surface area contributed by atoms with Crippen LogP contribution >= 0.6 is 0 Å². The fourth-order valence-electron chi connectivity index (χ4n) is 9.62. The summed E-state index contributed by atoms with van der Waals surface area (Å²) in [5, 5.41) is 3.49. The highest BCUT2D eigenvalue weighted by atomic mass is 32.2. The minimum atomic E-state index is -3.85. The number of benzene rings is 1. The molecule has 3 amide bonds. The standard InChI is InChI=1S/C43H68N4O9S/c1-10-27(4)40(46(6)43(52)33(26(2)3)24-36(49)39-30-18-19-32(22-30)44-39)37(55-7)25-38(50)47-20-14-17-34(47)41(56-8)28(5)35(48)23-31(42(51)45-57(9,53)54)21-29-15-12-11-13-16-29/h11-13,15-16,26-28,30-34,37,39-41,44H,10,14,17-25H2,1-9H3,(H,45,51)/t27-,28-,30-,31+,32+,33-,34-,37+,39-,40-,41+/m0/s1. The molecule has 2 bridgehead atoms. The third-order valence-electron chi connectivity index (χ3n) is 13.0. The van der Waals surface area contributed by atoms with Crippen LogP contribution in [0.2, 0.25) is 0 Å². The van der Waals surface area contributed by atoms with Crippen molar-refractivity contribution < 1.29 is 41.9 Å². The second-order valence-electron chi connectivity index (χ2n) is 17.3. The maximum Gasteiger partial charge on any atom is 0.237 e. The number of nitrogens with one attached hydrogen (secondary N) is 2. The SMILES string of the molecule is CC[C@H](C)[C@@H]([C@@H](CC(=O)N1CCC[C@H]1[C@H](OC)[C@@H](C)C(=O)C[C@@H](Cc1ccccc1)C(=O)NS(C)(=O)=O)OC)N(C)C(=O)[C@@H](CC(=O)[C@H]1N[C@@H]2CC[C@H]1C2)C(C)C. The Labute approximate surface area is 340 Å². The van der Waals surface area contributed by atoms with Crippen molar-refractivity contribution in [2.45, 2.75) is 135 Å². The number of ketones is 2. The van der Waals surface area contributed by atoms with Crippen LogP contribution in [0.1, 0.15) is 98.0 Å². The second kappa shape index (κ2) is 20.7. The van der Waals surface area contributed by atoms with Gasteiger partial charge in [0.1, 0.15) is 5.78 Å². The van der Waals surface area contributed by atoms with Crippen LogP contribution in [0.5, 0.6) is 0 Å². The number of likely N-dealkylation sites (N-methyl/N-ethyl adjacent to an activating group) is 1. The van der Waals surface area contributed by atoms with E-state index in [4.69, 9.17) is 9.47 Å². The first kappa shape index (κ1) is 46.5. The zero-order chi connectivity index (χ0) is 42.2. The molecular weight excluding hydrogens is 749 g/mol. The molecule has 4 rings (SSSR count). The predicted octanol–water partition coefficient (Wildman–Crippen LogP) is 4.17. The number of nitrogens with zero attached hydrogens (tertiary/aromatic N) is 2. The number of hydrogen-bond donors (Lipinski definition) is 2. The van der Waals surface area contributed by atoms with Crippen LogP contribution in [0.15, 0.2) is 30.3 Å². The van der Waals surface area contributed by atoms with E-state index < -0.39 is 58.0 Å². The fourth-order valence-corrected chi connectivity index (χ4v) is 10.2. The highest BCUT2D eigenvalue weighted by Crippen LogP contribution is 2.37. The minimum Gasteiger partial charge on any atom is -0.379 e. The molecule has 1 saturated carbocycles. The molecule has 0 aromatic heterocycles. The van der Waals surface area contributed by atoms with Crippen LogP contribution in [0, 0.1) is 35.5 Å². The lowest BCUT2D eigenvalue weighted by Gasteiger charge is -2.41. The third-order valence-corrected chi connectivity index (χ3v) is 13.6. The van der Waals surface area contributed by atoms with Crippen molar-refractivity contribution in [3.8, 4) is 0 Å². The van der Waals surface area contributed by atoms with Gasteiger partial charge in [0, 0.05) is 64.4 Å². The molecule has 1 aliphatic carbocycles. The van der Waals surface area contributed by atoms with Gasteiger partial charge in [-0.2, -0.15) is 0 Å². The molecule has 3 fully saturated rings. The number of sulfonamides is 1. The van der Waals surface area contributed by atoms with Gasteiger partial charge in [-0.1, -0.05) is 71.4 Å². The Kier molecular flexibility index (Phi) is 16.9. The minimum absolute atomic E-state index is 0.00351. The first-order valence-corrected chi connectivity index (χ1v) is 22.8. The van der Waals surface area contributed by atoms with Crippen molar-refractivity contribution in [1.82, 2.24) is 19.8 Å². The molecule has 1 aromatic rings. The first-order chi connectivity index (χ1) is 26.9. The van der Waals surface area contributed by atoms with E-state index in [9.17, 15) is 32.4 Å². The second-order valence-corrected chi connectivity index (χ2v) is 19.1. The average Bonchev–Trinajstić information content (AvgIpc) is 3.94. The lowest BCUT2D eigenvalue weighted by molar-refractivity contribution is -0.149. The summed E-state index contributed by atoms with van der Waals surface area (Å²) in [5.41, 5.74) is 0.791. The molecule has 0 spiro atoms. The van der Waals surface area contributed by atoms with Gasteiger partial charge >= 0.3 is 0 Å². The van der Waals surface area contributed by atoms with E-state index >= 15 is 0 Å². The van der Waals surface area contributed by atoms with Crippen LogP contribution < -0.4 is 10.0 Å². The number of amides is 3. The van der Waals surface area contributed by atoms with Crippen LogP contribution in [0.4, 0.5) is 0 Å². The number of piperidine rings is 1. The van der Waals surface area contributed by atoms with Crippen molar-refractivity contribution in [2.24, 2.45) is 35.5 Å². The van der Waals surface area contributed by atoms with Gasteiger partial charge in [-0.3, -0.25) is 28.7 Å². The molecule has 13 nitrogen and oxygen atoms in total. The summed E-state index contributed by atoms with van der Waals surface area (Å²) in [4.78, 5) is 72.6. The van der Waals surface area contributed by atoms with Gasteiger partial charge in [-0.15, -0.1) is 0 Å². The van der Waals surface area contributed by atoms with Crippen molar-refractivity contribution in [3.05, 3.63) is 35.9 Å². The Morgan fingerprint density at radius 1 is 0.965 bits per heavy atom. The van der Waals surface area contributed by atoms with E-state index in [1.165, 1.54) is 7.11 Å². The number of rotatable bonds is 22. The first-order valence-electron chi connectivity index (χ1n) is 20.9. The molecule has 14 heteroatoms. The highest BCUT2D eigenvalue weighted by molar-refractivity contribution is 7.89. The van der Waals surface area contributed by atoms with Crippen LogP contribution in [-0.4, -0.2) is 118 Å². The van der Waals surface area contributed by atoms with Gasteiger partial charge in [-0.05, 0) is 61.8 Å². The van der Waals surface area contributed by atoms with E-state index in [0.29, 0.717) is 31.3 Å². The lowest BCUT2D eigenvalue weighted by Crippen LogP contribution is -2.54. The summed E-state index contributed by atoms with van der Waals surface area (Å²) < 4.78 is 37.9. The molecule has 2 N–H and O–H groups in total. The number of Topliss-reactive ketones (excluding diaryl/α,β-unsaturated/α-hetero) is 2. The van der Waals surface area contributed by atoms with Crippen LogP contribution in [0.25, 0.3) is 0 Å². The van der Waals surface area contributed by atoms with E-state index in [1.54, 1.807) is 30.9 Å².